The van der Waals surface area contributed by atoms with Crippen LogP contribution in [0.25, 0.3) is 11.4 Å². The fourth-order valence-electron chi connectivity index (χ4n) is 2.04. The number of rotatable bonds is 5. The van der Waals surface area contributed by atoms with E-state index < -0.39 is 0 Å². The van der Waals surface area contributed by atoms with Crippen LogP contribution < -0.4 is 5.32 Å². The van der Waals surface area contributed by atoms with Gasteiger partial charge in [0.05, 0.1) is 0 Å². The Morgan fingerprint density at radius 1 is 1.45 bits per heavy atom. The van der Waals surface area contributed by atoms with Crippen LogP contribution in [-0.4, -0.2) is 22.6 Å². The molecule has 0 radical (unpaired) electrons. The molecular weight excluding hydrogens is 254 g/mol. The number of hydrogen-bond acceptors (Lipinski definition) is 4. The van der Waals surface area contributed by atoms with Crippen LogP contribution in [0, 0.1) is 12.8 Å². The Morgan fingerprint density at radius 2 is 2.30 bits per heavy atom. The normalized spacial score (nSPS) is 14.2. The molecule has 5 heteroatoms. The van der Waals surface area contributed by atoms with E-state index in [-0.39, 0.29) is 11.8 Å². The van der Waals surface area contributed by atoms with Crippen molar-refractivity contribution in [1.29, 1.82) is 0 Å². The van der Waals surface area contributed by atoms with Crippen molar-refractivity contribution in [3.8, 4) is 11.4 Å². The van der Waals surface area contributed by atoms with Crippen LogP contribution in [0.1, 0.15) is 24.3 Å². The maximum Gasteiger partial charge on any atom is 0.228 e. The topological polar surface area (TPSA) is 68.0 Å². The average molecular weight is 271 g/mol. The van der Waals surface area contributed by atoms with Gasteiger partial charge in [0.25, 0.3) is 0 Å². The quantitative estimate of drug-likeness (QED) is 0.904. The van der Waals surface area contributed by atoms with Gasteiger partial charge >= 0.3 is 0 Å². The first kappa shape index (κ1) is 12.8. The summed E-state index contributed by atoms with van der Waals surface area (Å²) in [6.45, 7) is 2.57. The third-order valence-corrected chi connectivity index (χ3v) is 3.33. The Labute approximate surface area is 117 Å². The first-order chi connectivity index (χ1) is 9.72. The van der Waals surface area contributed by atoms with Gasteiger partial charge in [0, 0.05) is 24.4 Å². The summed E-state index contributed by atoms with van der Waals surface area (Å²) in [5, 5.41) is 6.86. The Morgan fingerprint density at radius 3 is 3.05 bits per heavy atom. The number of aryl methyl sites for hydroxylation is 1. The minimum atomic E-state index is 0.142. The van der Waals surface area contributed by atoms with Crippen LogP contribution in [0.2, 0.25) is 0 Å². The molecule has 0 bridgehead atoms. The van der Waals surface area contributed by atoms with Crippen molar-refractivity contribution in [3.05, 3.63) is 35.7 Å². The summed E-state index contributed by atoms with van der Waals surface area (Å²) < 4.78 is 5.20. The lowest BCUT2D eigenvalue weighted by atomic mass is 10.1. The lowest BCUT2D eigenvalue weighted by Crippen LogP contribution is -2.26. The van der Waals surface area contributed by atoms with E-state index in [1.165, 1.54) is 0 Å². The summed E-state index contributed by atoms with van der Waals surface area (Å²) in [6.07, 6.45) is 2.60. The molecule has 1 aliphatic carbocycles. The second-order valence-corrected chi connectivity index (χ2v) is 5.20. The molecule has 104 valence electrons. The molecule has 5 nitrogen and oxygen atoms in total. The summed E-state index contributed by atoms with van der Waals surface area (Å²) in [5.41, 5.74) is 2.10. The fraction of sp³-hybridized carbons (Fsp3) is 0.400. The van der Waals surface area contributed by atoms with Crippen LogP contribution in [0.4, 0.5) is 0 Å². The maximum atomic E-state index is 11.5. The minimum absolute atomic E-state index is 0.142. The third-order valence-electron chi connectivity index (χ3n) is 3.33. The van der Waals surface area contributed by atoms with Gasteiger partial charge in [-0.25, -0.2) is 0 Å². The highest BCUT2D eigenvalue weighted by molar-refractivity contribution is 5.80. The number of hydrogen-bond donors (Lipinski definition) is 1. The average Bonchev–Trinajstić information content (AvgIpc) is 3.19. The monoisotopic (exact) mass is 271 g/mol. The van der Waals surface area contributed by atoms with Gasteiger partial charge in [0.2, 0.25) is 17.6 Å². The van der Waals surface area contributed by atoms with Gasteiger partial charge < -0.3 is 9.84 Å². The highest BCUT2D eigenvalue weighted by Crippen LogP contribution is 2.28. The smallest absolute Gasteiger partial charge is 0.228 e. The van der Waals surface area contributed by atoms with Gasteiger partial charge in [-0.3, -0.25) is 4.79 Å². The fourth-order valence-corrected chi connectivity index (χ4v) is 2.04. The van der Waals surface area contributed by atoms with E-state index in [0.29, 0.717) is 24.7 Å². The second kappa shape index (κ2) is 5.45. The molecule has 1 saturated carbocycles. The molecule has 1 amide bonds. The number of aromatic nitrogens is 2. The molecule has 0 saturated heterocycles. The van der Waals surface area contributed by atoms with E-state index in [1.807, 2.05) is 31.2 Å². The predicted molar refractivity (Wildman–Crippen MR) is 73.9 cm³/mol. The standard InChI is InChI=1S/C15H17N3O2/c1-10-3-2-4-12(9-10)14-17-13(20-18-14)7-8-16-15(19)11-5-6-11/h2-4,9,11H,5-8H2,1H3,(H,16,19). The van der Waals surface area contributed by atoms with Crippen molar-refractivity contribution in [2.45, 2.75) is 26.2 Å². The Balaban J connectivity index is 1.57. The molecule has 1 aromatic carbocycles. The summed E-state index contributed by atoms with van der Waals surface area (Å²) in [7, 11) is 0. The zero-order valence-electron chi connectivity index (χ0n) is 11.4. The molecule has 1 fully saturated rings. The first-order valence-electron chi connectivity index (χ1n) is 6.90. The largest absolute Gasteiger partial charge is 0.355 e. The van der Waals surface area contributed by atoms with E-state index >= 15 is 0 Å². The van der Waals surface area contributed by atoms with E-state index in [0.717, 1.165) is 24.0 Å². The first-order valence-corrected chi connectivity index (χ1v) is 6.90. The Bertz CT molecular complexity index is 617. The van der Waals surface area contributed by atoms with Crippen LogP contribution >= 0.6 is 0 Å². The van der Waals surface area contributed by atoms with Gasteiger partial charge in [-0.05, 0) is 25.8 Å². The number of benzene rings is 1. The van der Waals surface area contributed by atoms with E-state index in [4.69, 9.17) is 4.52 Å². The maximum absolute atomic E-state index is 11.5. The molecule has 2 aromatic rings. The van der Waals surface area contributed by atoms with Crippen molar-refractivity contribution in [3.63, 3.8) is 0 Å². The second-order valence-electron chi connectivity index (χ2n) is 5.20. The molecular formula is C15H17N3O2. The van der Waals surface area contributed by atoms with Crippen molar-refractivity contribution >= 4 is 5.91 Å². The lowest BCUT2D eigenvalue weighted by molar-refractivity contribution is -0.122. The van der Waals surface area contributed by atoms with Gasteiger partial charge in [-0.15, -0.1) is 0 Å². The highest BCUT2D eigenvalue weighted by Gasteiger charge is 2.29. The SMILES string of the molecule is Cc1cccc(-c2noc(CCNC(=O)C3CC3)n2)c1. The van der Waals surface area contributed by atoms with E-state index in [2.05, 4.69) is 15.5 Å². The molecule has 3 rings (SSSR count). The van der Waals surface area contributed by atoms with Crippen molar-refractivity contribution in [2.24, 2.45) is 5.92 Å². The molecule has 1 aromatic heterocycles. The van der Waals surface area contributed by atoms with Crippen LogP contribution in [0.15, 0.2) is 28.8 Å². The van der Waals surface area contributed by atoms with E-state index in [9.17, 15) is 4.79 Å². The van der Waals surface area contributed by atoms with Gasteiger partial charge in [-0.1, -0.05) is 28.9 Å². The zero-order valence-corrected chi connectivity index (χ0v) is 11.4. The van der Waals surface area contributed by atoms with Gasteiger partial charge in [0.1, 0.15) is 0 Å². The van der Waals surface area contributed by atoms with E-state index in [1.54, 1.807) is 0 Å². The zero-order chi connectivity index (χ0) is 13.9. The molecule has 20 heavy (non-hydrogen) atoms. The summed E-state index contributed by atoms with van der Waals surface area (Å²) >= 11 is 0. The van der Waals surface area contributed by atoms with Crippen LogP contribution in [0.3, 0.4) is 0 Å². The number of carbonyl (C=O) groups is 1. The number of nitrogens with zero attached hydrogens (tertiary/aromatic N) is 2. The van der Waals surface area contributed by atoms with Gasteiger partial charge in [-0.2, -0.15) is 4.98 Å². The third kappa shape index (κ3) is 3.04. The molecule has 0 atom stereocenters. The van der Waals surface area contributed by atoms with Crippen molar-refractivity contribution in [2.75, 3.05) is 6.54 Å². The van der Waals surface area contributed by atoms with Crippen LogP contribution in [0.5, 0.6) is 0 Å². The molecule has 1 aliphatic rings. The van der Waals surface area contributed by atoms with Gasteiger partial charge in [0.15, 0.2) is 0 Å². The predicted octanol–water partition coefficient (Wildman–Crippen LogP) is 2.11. The van der Waals surface area contributed by atoms with Crippen molar-refractivity contribution < 1.29 is 9.32 Å². The lowest BCUT2D eigenvalue weighted by Gasteiger charge is -2.00. The summed E-state index contributed by atoms with van der Waals surface area (Å²) in [4.78, 5) is 15.8. The highest BCUT2D eigenvalue weighted by atomic mass is 16.5. The minimum Gasteiger partial charge on any atom is -0.355 e. The summed E-state index contributed by atoms with van der Waals surface area (Å²) in [5.74, 6) is 1.53. The Hall–Kier alpha value is -2.17. The molecule has 0 spiro atoms. The number of carbonyl (C=O) groups excluding carboxylic acids is 1. The van der Waals surface area contributed by atoms with Crippen molar-refractivity contribution in [1.82, 2.24) is 15.5 Å². The summed E-state index contributed by atoms with van der Waals surface area (Å²) in [6, 6.07) is 7.97. The molecule has 0 unspecified atom stereocenters. The molecule has 0 aliphatic heterocycles. The Kier molecular flexibility index (Phi) is 3.50. The number of amides is 1. The molecule has 1 heterocycles. The number of nitrogens with one attached hydrogen (secondary N) is 1. The molecule has 1 N–H and O–H groups in total. The van der Waals surface area contributed by atoms with Crippen LogP contribution in [-0.2, 0) is 11.2 Å².